The highest BCUT2D eigenvalue weighted by Gasteiger charge is 2.21. The minimum absolute atomic E-state index is 0.845. The van der Waals surface area contributed by atoms with Crippen LogP contribution in [-0.2, 0) is 18.6 Å². The third-order valence-electron chi connectivity index (χ3n) is 4.43. The Morgan fingerprint density at radius 1 is 1.13 bits per heavy atom. The van der Waals surface area contributed by atoms with E-state index in [0.717, 1.165) is 32.9 Å². The number of hydrogen-bond donors (Lipinski definition) is 0. The van der Waals surface area contributed by atoms with Crippen LogP contribution in [0.15, 0.2) is 9.55 Å². The van der Waals surface area contributed by atoms with Crippen molar-refractivity contribution in [3.63, 3.8) is 0 Å². The van der Waals surface area contributed by atoms with Gasteiger partial charge in [0, 0.05) is 21.6 Å². The summed E-state index contributed by atoms with van der Waals surface area (Å²) in [5.74, 6) is 2.61. The van der Waals surface area contributed by atoms with Crippen molar-refractivity contribution in [3.05, 3.63) is 33.3 Å². The second kappa shape index (κ2) is 5.91. The lowest BCUT2D eigenvalue weighted by Gasteiger charge is -2.11. The van der Waals surface area contributed by atoms with Gasteiger partial charge in [0.05, 0.1) is 5.69 Å². The molecule has 4 rings (SSSR count). The van der Waals surface area contributed by atoms with Gasteiger partial charge in [-0.05, 0) is 52.0 Å². The second-order valence-corrected chi connectivity index (χ2v) is 8.11. The summed E-state index contributed by atoms with van der Waals surface area (Å²) in [6.45, 7) is 5.96. The summed E-state index contributed by atoms with van der Waals surface area (Å²) < 4.78 is 5.28. The van der Waals surface area contributed by atoms with E-state index in [-0.39, 0.29) is 0 Å². The molecule has 0 unspecified atom stereocenters. The summed E-state index contributed by atoms with van der Waals surface area (Å²) >= 11 is 3.65. The van der Waals surface area contributed by atoms with E-state index in [0.29, 0.717) is 0 Å². The largest absolute Gasteiger partial charge is 0.361 e. The molecule has 0 N–H and O–H groups in total. The number of rotatable bonds is 3. The summed E-state index contributed by atoms with van der Waals surface area (Å²) in [6, 6.07) is 0. The highest BCUT2D eigenvalue weighted by atomic mass is 32.2. The molecule has 0 spiro atoms. The van der Waals surface area contributed by atoms with E-state index in [1.54, 1.807) is 11.8 Å². The van der Waals surface area contributed by atoms with Gasteiger partial charge in [0.25, 0.3) is 0 Å². The average molecular weight is 345 g/mol. The number of thioether (sulfide) groups is 1. The van der Waals surface area contributed by atoms with Crippen LogP contribution in [0.3, 0.4) is 0 Å². The van der Waals surface area contributed by atoms with E-state index >= 15 is 0 Å². The Hall–Kier alpha value is -1.40. The van der Waals surface area contributed by atoms with Gasteiger partial charge in [0.2, 0.25) is 0 Å². The molecular formula is C17H19N3OS2. The molecule has 0 fully saturated rings. The van der Waals surface area contributed by atoms with Crippen LogP contribution >= 0.6 is 23.1 Å². The number of aryl methyl sites for hydroxylation is 5. The van der Waals surface area contributed by atoms with Crippen LogP contribution in [0, 0.1) is 20.8 Å². The fourth-order valence-electron chi connectivity index (χ4n) is 3.18. The van der Waals surface area contributed by atoms with Gasteiger partial charge >= 0.3 is 0 Å². The summed E-state index contributed by atoms with van der Waals surface area (Å²) in [6.07, 6.45) is 4.94. The fraction of sp³-hybridized carbons (Fsp3) is 0.471. The molecule has 1 aliphatic carbocycles. The molecule has 3 aromatic rings. The molecule has 0 saturated heterocycles. The molecule has 3 aromatic heterocycles. The first-order valence-electron chi connectivity index (χ1n) is 7.97. The van der Waals surface area contributed by atoms with Crippen molar-refractivity contribution in [1.29, 1.82) is 0 Å². The quantitative estimate of drug-likeness (QED) is 0.505. The lowest BCUT2D eigenvalue weighted by Crippen LogP contribution is -1.99. The smallest absolute Gasteiger partial charge is 0.137 e. The maximum absolute atomic E-state index is 5.28. The minimum Gasteiger partial charge on any atom is -0.361 e. The van der Waals surface area contributed by atoms with Crippen LogP contribution in [0.4, 0.5) is 0 Å². The molecular weight excluding hydrogens is 326 g/mol. The molecule has 3 heterocycles. The first-order chi connectivity index (χ1) is 11.1. The lowest BCUT2D eigenvalue weighted by atomic mass is 9.97. The third kappa shape index (κ3) is 2.68. The monoisotopic (exact) mass is 345 g/mol. The number of thiophene rings is 1. The zero-order valence-corrected chi connectivity index (χ0v) is 15.2. The zero-order valence-electron chi connectivity index (χ0n) is 13.6. The van der Waals surface area contributed by atoms with Crippen LogP contribution in [0.25, 0.3) is 10.2 Å². The molecule has 0 bridgehead atoms. The van der Waals surface area contributed by atoms with E-state index in [1.165, 1.54) is 47.1 Å². The van der Waals surface area contributed by atoms with Crippen molar-refractivity contribution in [2.75, 3.05) is 0 Å². The number of fused-ring (bicyclic) bond motifs is 3. The first kappa shape index (κ1) is 15.1. The molecule has 0 saturated carbocycles. The van der Waals surface area contributed by atoms with Gasteiger partial charge in [-0.2, -0.15) is 0 Å². The highest BCUT2D eigenvalue weighted by molar-refractivity contribution is 7.98. The van der Waals surface area contributed by atoms with Crippen LogP contribution in [0.5, 0.6) is 0 Å². The Labute approximate surface area is 143 Å². The van der Waals surface area contributed by atoms with E-state index in [4.69, 9.17) is 9.51 Å². The average Bonchev–Trinajstić information content (AvgIpc) is 3.05. The van der Waals surface area contributed by atoms with E-state index in [9.17, 15) is 0 Å². The van der Waals surface area contributed by atoms with Crippen LogP contribution in [-0.4, -0.2) is 15.1 Å². The second-order valence-electron chi connectivity index (χ2n) is 6.06. The molecule has 4 nitrogen and oxygen atoms in total. The van der Waals surface area contributed by atoms with Crippen LogP contribution in [0.1, 0.15) is 46.1 Å². The van der Waals surface area contributed by atoms with Gasteiger partial charge in [-0.15, -0.1) is 23.1 Å². The van der Waals surface area contributed by atoms with Crippen molar-refractivity contribution in [3.8, 4) is 0 Å². The van der Waals surface area contributed by atoms with Crippen LogP contribution < -0.4 is 0 Å². The highest BCUT2D eigenvalue weighted by Crippen LogP contribution is 2.40. The van der Waals surface area contributed by atoms with Gasteiger partial charge in [0.15, 0.2) is 0 Å². The van der Waals surface area contributed by atoms with E-state index in [2.05, 4.69) is 10.1 Å². The number of hydrogen-bond acceptors (Lipinski definition) is 6. The number of aromatic nitrogens is 3. The molecule has 23 heavy (non-hydrogen) atoms. The Morgan fingerprint density at radius 2 is 1.96 bits per heavy atom. The van der Waals surface area contributed by atoms with Gasteiger partial charge in [-0.25, -0.2) is 9.97 Å². The number of nitrogens with zero attached hydrogens (tertiary/aromatic N) is 3. The Bertz CT molecular complexity index is 862. The van der Waals surface area contributed by atoms with Crippen molar-refractivity contribution in [2.45, 2.75) is 57.2 Å². The van der Waals surface area contributed by atoms with Crippen LogP contribution in [0.2, 0.25) is 0 Å². The SMILES string of the molecule is Cc1nc(SCc2c(C)noc2C)c2c3c(sc2n1)CCCC3. The Balaban J connectivity index is 1.75. The predicted molar refractivity (Wildman–Crippen MR) is 94.3 cm³/mol. The van der Waals surface area contributed by atoms with E-state index in [1.807, 2.05) is 32.1 Å². The topological polar surface area (TPSA) is 51.8 Å². The fourth-order valence-corrected chi connectivity index (χ4v) is 5.80. The van der Waals surface area contributed by atoms with Gasteiger partial charge in [0.1, 0.15) is 21.4 Å². The third-order valence-corrected chi connectivity index (χ3v) is 6.62. The standard InChI is InChI=1S/C17H19N3OS2/c1-9-13(10(2)21-20-9)8-22-16-15-12-6-4-5-7-14(12)23-17(15)19-11(3)18-16/h4-8H2,1-3H3. The van der Waals surface area contributed by atoms with Gasteiger partial charge in [-0.1, -0.05) is 5.16 Å². The van der Waals surface area contributed by atoms with Crippen molar-refractivity contribution in [1.82, 2.24) is 15.1 Å². The molecule has 0 aliphatic heterocycles. The van der Waals surface area contributed by atoms with Gasteiger partial charge in [-0.3, -0.25) is 0 Å². The molecule has 1 aliphatic rings. The molecule has 0 atom stereocenters. The van der Waals surface area contributed by atoms with Crippen molar-refractivity contribution >= 4 is 33.3 Å². The van der Waals surface area contributed by atoms with Crippen molar-refractivity contribution < 1.29 is 4.52 Å². The van der Waals surface area contributed by atoms with Gasteiger partial charge < -0.3 is 4.52 Å². The lowest BCUT2D eigenvalue weighted by molar-refractivity contribution is 0.392. The minimum atomic E-state index is 0.845. The normalized spacial score (nSPS) is 14.4. The molecule has 0 amide bonds. The maximum Gasteiger partial charge on any atom is 0.137 e. The summed E-state index contributed by atoms with van der Waals surface area (Å²) in [7, 11) is 0. The zero-order chi connectivity index (χ0) is 16.0. The van der Waals surface area contributed by atoms with E-state index < -0.39 is 0 Å². The molecule has 0 aromatic carbocycles. The summed E-state index contributed by atoms with van der Waals surface area (Å²) in [4.78, 5) is 12.1. The molecule has 6 heteroatoms. The Kier molecular flexibility index (Phi) is 3.89. The summed E-state index contributed by atoms with van der Waals surface area (Å²) in [5, 5.41) is 6.47. The maximum atomic E-state index is 5.28. The van der Waals surface area contributed by atoms with Crippen molar-refractivity contribution in [2.24, 2.45) is 0 Å². The molecule has 120 valence electrons. The predicted octanol–water partition coefficient (Wildman–Crippen LogP) is 4.78. The Morgan fingerprint density at radius 3 is 2.74 bits per heavy atom. The first-order valence-corrected chi connectivity index (χ1v) is 9.77. The summed E-state index contributed by atoms with van der Waals surface area (Å²) in [5.41, 5.74) is 3.66. The molecule has 0 radical (unpaired) electrons.